The van der Waals surface area contributed by atoms with E-state index in [0.29, 0.717) is 11.6 Å². The maximum Gasteiger partial charge on any atom is 0.319 e. The molecule has 2 heterocycles. The fourth-order valence-electron chi connectivity index (χ4n) is 2.15. The van der Waals surface area contributed by atoms with E-state index in [-0.39, 0.29) is 17.3 Å². The van der Waals surface area contributed by atoms with E-state index >= 15 is 0 Å². The molecule has 0 saturated carbocycles. The number of ether oxygens (including phenoxy) is 1. The van der Waals surface area contributed by atoms with Crippen LogP contribution in [0.25, 0.3) is 5.69 Å². The monoisotopic (exact) mass is 290 g/mol. The molecule has 104 valence electrons. The summed E-state index contributed by atoms with van der Waals surface area (Å²) >= 11 is 1.35. The molecule has 1 saturated heterocycles. The molecule has 3 rings (SSSR count). The van der Waals surface area contributed by atoms with Crippen molar-refractivity contribution in [3.63, 3.8) is 0 Å². The van der Waals surface area contributed by atoms with Crippen molar-refractivity contribution in [1.82, 2.24) is 20.2 Å². The van der Waals surface area contributed by atoms with Gasteiger partial charge < -0.3 is 4.74 Å². The topological polar surface area (TPSA) is 69.9 Å². The van der Waals surface area contributed by atoms with Crippen molar-refractivity contribution in [3.8, 4) is 5.69 Å². The predicted molar refractivity (Wildman–Crippen MR) is 73.7 cm³/mol. The first-order chi connectivity index (χ1) is 9.65. The summed E-state index contributed by atoms with van der Waals surface area (Å²) in [4.78, 5) is 11.7. The fourth-order valence-corrected chi connectivity index (χ4v) is 3.24. The second-order valence-corrected chi connectivity index (χ2v) is 5.92. The average molecular weight is 290 g/mol. The van der Waals surface area contributed by atoms with Gasteiger partial charge in [0, 0.05) is 6.42 Å². The first kappa shape index (κ1) is 13.1. The number of benzene rings is 1. The maximum atomic E-state index is 11.7. The summed E-state index contributed by atoms with van der Waals surface area (Å²) in [5, 5.41) is 12.1. The number of tetrazole rings is 1. The molecular formula is C13H14N4O2S. The van der Waals surface area contributed by atoms with Crippen LogP contribution in [0.4, 0.5) is 0 Å². The van der Waals surface area contributed by atoms with E-state index in [0.717, 1.165) is 11.3 Å². The molecule has 20 heavy (non-hydrogen) atoms. The second kappa shape index (κ2) is 5.24. The van der Waals surface area contributed by atoms with Crippen molar-refractivity contribution >= 4 is 17.7 Å². The summed E-state index contributed by atoms with van der Waals surface area (Å²) in [6, 6.07) is 7.85. The lowest BCUT2D eigenvalue weighted by Crippen LogP contribution is -2.11. The van der Waals surface area contributed by atoms with Crippen LogP contribution in [0.5, 0.6) is 0 Å². The molecule has 0 N–H and O–H groups in total. The van der Waals surface area contributed by atoms with Crippen LogP contribution in [-0.4, -0.2) is 37.5 Å². The minimum absolute atomic E-state index is 0.0391. The van der Waals surface area contributed by atoms with Crippen LogP contribution < -0.4 is 0 Å². The largest absolute Gasteiger partial charge is 0.462 e. The van der Waals surface area contributed by atoms with Crippen LogP contribution in [0.15, 0.2) is 29.4 Å². The molecule has 0 aliphatic carbocycles. The summed E-state index contributed by atoms with van der Waals surface area (Å²) in [6.45, 7) is 3.89. The molecule has 0 radical (unpaired) electrons. The Hall–Kier alpha value is -1.89. The number of aromatic nitrogens is 4. The highest BCUT2D eigenvalue weighted by atomic mass is 32.2. The zero-order valence-electron chi connectivity index (χ0n) is 11.2. The number of carbonyl (C=O) groups is 1. The second-order valence-electron chi connectivity index (χ2n) is 4.75. The minimum atomic E-state index is -0.237. The van der Waals surface area contributed by atoms with Crippen molar-refractivity contribution in [2.45, 2.75) is 36.8 Å². The van der Waals surface area contributed by atoms with Crippen molar-refractivity contribution < 1.29 is 9.53 Å². The van der Waals surface area contributed by atoms with Crippen molar-refractivity contribution in [2.24, 2.45) is 0 Å². The number of nitrogens with zero attached hydrogens (tertiary/aromatic N) is 4. The van der Waals surface area contributed by atoms with Gasteiger partial charge in [-0.2, -0.15) is 4.68 Å². The third-order valence-corrected chi connectivity index (χ3v) is 4.29. The van der Waals surface area contributed by atoms with Gasteiger partial charge >= 0.3 is 5.97 Å². The van der Waals surface area contributed by atoms with Gasteiger partial charge in [0.1, 0.15) is 11.4 Å². The van der Waals surface area contributed by atoms with Gasteiger partial charge in [-0.15, -0.1) is 5.10 Å². The van der Waals surface area contributed by atoms with Crippen molar-refractivity contribution in [3.05, 3.63) is 29.8 Å². The summed E-state index contributed by atoms with van der Waals surface area (Å²) in [5.74, 6) is -0.193. The zero-order chi connectivity index (χ0) is 14.1. The molecule has 0 unspecified atom stereocenters. The highest BCUT2D eigenvalue weighted by Crippen LogP contribution is 2.31. The van der Waals surface area contributed by atoms with Gasteiger partial charge in [-0.05, 0) is 35.9 Å². The Labute approximate surface area is 120 Å². The Morgan fingerprint density at radius 3 is 2.90 bits per heavy atom. The van der Waals surface area contributed by atoms with Crippen LogP contribution >= 0.6 is 11.8 Å². The number of para-hydroxylation sites is 1. The average Bonchev–Trinajstić information content (AvgIpc) is 2.98. The highest BCUT2D eigenvalue weighted by Gasteiger charge is 2.34. The molecule has 2 aromatic rings. The minimum Gasteiger partial charge on any atom is -0.462 e. The molecule has 0 amide bonds. The van der Waals surface area contributed by atoms with Crippen LogP contribution in [0.2, 0.25) is 0 Å². The quantitative estimate of drug-likeness (QED) is 0.802. The van der Waals surface area contributed by atoms with E-state index in [4.69, 9.17) is 4.74 Å². The van der Waals surface area contributed by atoms with E-state index in [9.17, 15) is 4.79 Å². The van der Waals surface area contributed by atoms with Crippen LogP contribution in [-0.2, 0) is 9.53 Å². The summed E-state index contributed by atoms with van der Waals surface area (Å²) in [7, 11) is 0. The summed E-state index contributed by atoms with van der Waals surface area (Å²) in [5.41, 5.74) is 1.99. The van der Waals surface area contributed by atoms with Crippen LogP contribution in [0.1, 0.15) is 18.9 Å². The molecule has 2 atom stereocenters. The lowest BCUT2D eigenvalue weighted by atomic mass is 10.2. The lowest BCUT2D eigenvalue weighted by Gasteiger charge is -2.08. The molecule has 1 aromatic heterocycles. The molecule has 1 aliphatic rings. The van der Waals surface area contributed by atoms with Gasteiger partial charge in [0.2, 0.25) is 5.16 Å². The third kappa shape index (κ3) is 2.40. The molecule has 1 fully saturated rings. The Morgan fingerprint density at radius 2 is 2.20 bits per heavy atom. The molecule has 1 aromatic carbocycles. The van der Waals surface area contributed by atoms with Crippen LogP contribution in [0, 0.1) is 6.92 Å². The first-order valence-electron chi connectivity index (χ1n) is 6.36. The summed E-state index contributed by atoms with van der Waals surface area (Å²) in [6.07, 6.45) is 0.646. The first-order valence-corrected chi connectivity index (χ1v) is 7.24. The molecule has 0 bridgehead atoms. The Kier molecular flexibility index (Phi) is 3.43. The number of hydrogen-bond donors (Lipinski definition) is 0. The summed E-state index contributed by atoms with van der Waals surface area (Å²) < 4.78 is 6.82. The zero-order valence-corrected chi connectivity index (χ0v) is 12.0. The number of thioether (sulfide) groups is 1. The molecule has 6 nitrogen and oxygen atoms in total. The molecule has 7 heteroatoms. The number of cyclic esters (lactones) is 1. The molecular weight excluding hydrogens is 276 g/mol. The van der Waals surface area contributed by atoms with Gasteiger partial charge in [-0.25, -0.2) is 0 Å². The van der Waals surface area contributed by atoms with E-state index in [1.54, 1.807) is 4.68 Å². The number of esters is 1. The maximum absolute atomic E-state index is 11.7. The Balaban J connectivity index is 1.88. The number of hydrogen-bond acceptors (Lipinski definition) is 6. The SMILES string of the molecule is Cc1ccccc1-n1nnnc1S[C@@H]1C[C@@H](C)OC1=O. The number of aryl methyl sites for hydroxylation is 1. The van der Waals surface area contributed by atoms with E-state index in [1.165, 1.54) is 11.8 Å². The van der Waals surface area contributed by atoms with E-state index in [2.05, 4.69) is 15.5 Å². The third-order valence-electron chi connectivity index (χ3n) is 3.16. The van der Waals surface area contributed by atoms with Crippen LogP contribution in [0.3, 0.4) is 0 Å². The van der Waals surface area contributed by atoms with Crippen molar-refractivity contribution in [1.29, 1.82) is 0 Å². The molecule has 1 aliphatic heterocycles. The highest BCUT2D eigenvalue weighted by molar-refractivity contribution is 8.00. The standard InChI is InChI=1S/C13H14N4O2S/c1-8-5-3-4-6-10(8)17-13(14-15-16-17)20-11-7-9(2)19-12(11)18/h3-6,9,11H,7H2,1-2H3/t9-,11-/m1/s1. The van der Waals surface area contributed by atoms with Gasteiger partial charge in [-0.1, -0.05) is 30.0 Å². The van der Waals surface area contributed by atoms with Gasteiger partial charge in [0.15, 0.2) is 0 Å². The van der Waals surface area contributed by atoms with Crippen molar-refractivity contribution in [2.75, 3.05) is 0 Å². The fraction of sp³-hybridized carbons (Fsp3) is 0.385. The lowest BCUT2D eigenvalue weighted by molar-refractivity contribution is -0.140. The predicted octanol–water partition coefficient (Wildman–Crippen LogP) is 1.77. The Bertz CT molecular complexity index is 643. The van der Waals surface area contributed by atoms with Gasteiger partial charge in [0.25, 0.3) is 0 Å². The smallest absolute Gasteiger partial charge is 0.319 e. The normalized spacial score (nSPS) is 22.0. The number of carbonyl (C=O) groups excluding carboxylic acids is 1. The molecule has 0 spiro atoms. The van der Waals surface area contributed by atoms with E-state index < -0.39 is 0 Å². The van der Waals surface area contributed by atoms with E-state index in [1.807, 2.05) is 38.1 Å². The number of rotatable bonds is 3. The van der Waals surface area contributed by atoms with Gasteiger partial charge in [-0.3, -0.25) is 4.79 Å². The Morgan fingerprint density at radius 1 is 1.40 bits per heavy atom. The van der Waals surface area contributed by atoms with Gasteiger partial charge in [0.05, 0.1) is 5.69 Å².